The largest absolute Gasteiger partial charge is 0.444 e. The lowest BCUT2D eigenvalue weighted by Crippen LogP contribution is -2.55. The van der Waals surface area contributed by atoms with Crippen molar-refractivity contribution in [2.45, 2.75) is 78.4 Å². The zero-order chi connectivity index (χ0) is 20.0. The Labute approximate surface area is 165 Å². The average Bonchev–Trinajstić information content (AvgIpc) is 2.61. The number of hydrogen-bond donors (Lipinski definition) is 1. The summed E-state index contributed by atoms with van der Waals surface area (Å²) in [5.74, 6) is 0.739. The lowest BCUT2D eigenvalue weighted by Gasteiger charge is -2.39. The van der Waals surface area contributed by atoms with Crippen molar-refractivity contribution in [3.8, 4) is 0 Å². The second-order valence-electron chi connectivity index (χ2n) is 9.44. The molecule has 2 rings (SSSR count). The number of carbonyl (C=O) groups excluding carboxylic acids is 2. The minimum absolute atomic E-state index is 0.0140. The lowest BCUT2D eigenvalue weighted by atomic mass is 9.83. The molecule has 2 amide bonds. The summed E-state index contributed by atoms with van der Waals surface area (Å²) in [5, 5.41) is 3.31. The van der Waals surface area contributed by atoms with Crippen LogP contribution in [0.4, 0.5) is 4.79 Å². The fourth-order valence-electron chi connectivity index (χ4n) is 3.92. The molecule has 0 aromatic carbocycles. The zero-order valence-corrected chi connectivity index (χ0v) is 17.9. The molecular weight excluding hydrogens is 342 g/mol. The predicted octanol–water partition coefficient (Wildman–Crippen LogP) is 3.26. The first kappa shape index (κ1) is 22.0. The third-order valence-corrected chi connectivity index (χ3v) is 5.55. The molecule has 156 valence electrons. The Hall–Kier alpha value is -1.30. The molecule has 0 radical (unpaired) electrons. The Kier molecular flexibility index (Phi) is 7.95. The van der Waals surface area contributed by atoms with Gasteiger partial charge in [0.25, 0.3) is 0 Å². The zero-order valence-electron chi connectivity index (χ0n) is 17.9. The summed E-state index contributed by atoms with van der Waals surface area (Å²) >= 11 is 0. The van der Waals surface area contributed by atoms with Crippen molar-refractivity contribution in [1.82, 2.24) is 15.1 Å². The topological polar surface area (TPSA) is 61.9 Å². The second-order valence-corrected chi connectivity index (χ2v) is 9.44. The van der Waals surface area contributed by atoms with Gasteiger partial charge in [-0.25, -0.2) is 4.79 Å². The summed E-state index contributed by atoms with van der Waals surface area (Å²) < 4.78 is 5.48. The van der Waals surface area contributed by atoms with Gasteiger partial charge >= 0.3 is 6.09 Å². The van der Waals surface area contributed by atoms with Crippen LogP contribution in [-0.4, -0.2) is 66.2 Å². The van der Waals surface area contributed by atoms with Crippen LogP contribution < -0.4 is 5.32 Å². The first-order valence-corrected chi connectivity index (χ1v) is 10.7. The summed E-state index contributed by atoms with van der Waals surface area (Å²) in [4.78, 5) is 28.7. The van der Waals surface area contributed by atoms with E-state index in [1.807, 2.05) is 34.6 Å². The number of ether oxygens (including phenoxy) is 1. The van der Waals surface area contributed by atoms with Gasteiger partial charge in [0.1, 0.15) is 5.60 Å². The maximum absolute atomic E-state index is 12.3. The fourth-order valence-corrected chi connectivity index (χ4v) is 3.92. The molecule has 1 aliphatic heterocycles. The van der Waals surface area contributed by atoms with Crippen LogP contribution in [0.3, 0.4) is 0 Å². The highest BCUT2D eigenvalue weighted by molar-refractivity contribution is 5.78. The van der Waals surface area contributed by atoms with E-state index >= 15 is 0 Å². The monoisotopic (exact) mass is 381 g/mol. The highest BCUT2D eigenvalue weighted by Crippen LogP contribution is 2.27. The van der Waals surface area contributed by atoms with Gasteiger partial charge in [0.15, 0.2) is 0 Å². The van der Waals surface area contributed by atoms with Crippen molar-refractivity contribution in [2.24, 2.45) is 11.8 Å². The molecule has 1 aliphatic carbocycles. The van der Waals surface area contributed by atoms with Crippen LogP contribution in [0.1, 0.15) is 66.7 Å². The SMILES string of the molecule is CC(C)C(=O)NC(CN1CCN(C(=O)OC(C)(C)C)CC1)C1CCCCC1. The number of piperazine rings is 1. The second kappa shape index (κ2) is 9.76. The molecule has 0 aromatic heterocycles. The molecule has 1 atom stereocenters. The highest BCUT2D eigenvalue weighted by Gasteiger charge is 2.30. The van der Waals surface area contributed by atoms with Crippen LogP contribution in [0.2, 0.25) is 0 Å². The summed E-state index contributed by atoms with van der Waals surface area (Å²) in [5.41, 5.74) is -0.457. The van der Waals surface area contributed by atoms with E-state index in [0.717, 1.165) is 19.6 Å². The van der Waals surface area contributed by atoms with E-state index in [4.69, 9.17) is 4.74 Å². The number of amides is 2. The molecular formula is C21H39N3O3. The van der Waals surface area contributed by atoms with Gasteiger partial charge in [-0.2, -0.15) is 0 Å². The third kappa shape index (κ3) is 7.32. The molecule has 2 aliphatic rings. The molecule has 2 fully saturated rings. The van der Waals surface area contributed by atoms with Crippen molar-refractivity contribution in [1.29, 1.82) is 0 Å². The van der Waals surface area contributed by atoms with E-state index in [1.54, 1.807) is 4.90 Å². The maximum Gasteiger partial charge on any atom is 0.410 e. The Morgan fingerprint density at radius 1 is 1.04 bits per heavy atom. The number of hydrogen-bond acceptors (Lipinski definition) is 4. The minimum atomic E-state index is -0.457. The van der Waals surface area contributed by atoms with Crippen LogP contribution in [0.5, 0.6) is 0 Å². The molecule has 6 heteroatoms. The number of nitrogens with one attached hydrogen (secondary N) is 1. The normalized spacial score (nSPS) is 21.2. The van der Waals surface area contributed by atoms with Gasteiger partial charge in [0.2, 0.25) is 5.91 Å². The van der Waals surface area contributed by atoms with E-state index in [-0.39, 0.29) is 24.0 Å². The van der Waals surface area contributed by atoms with E-state index in [1.165, 1.54) is 32.1 Å². The van der Waals surface area contributed by atoms with E-state index in [0.29, 0.717) is 19.0 Å². The molecule has 1 heterocycles. The molecule has 27 heavy (non-hydrogen) atoms. The van der Waals surface area contributed by atoms with Crippen LogP contribution in [-0.2, 0) is 9.53 Å². The summed E-state index contributed by atoms with van der Waals surface area (Å²) in [6.07, 6.45) is 6.05. The summed E-state index contributed by atoms with van der Waals surface area (Å²) in [6, 6.07) is 0.216. The maximum atomic E-state index is 12.3. The lowest BCUT2D eigenvalue weighted by molar-refractivity contribution is -0.125. The van der Waals surface area contributed by atoms with Gasteiger partial charge < -0.3 is 15.0 Å². The van der Waals surface area contributed by atoms with Crippen molar-refractivity contribution < 1.29 is 14.3 Å². The van der Waals surface area contributed by atoms with Gasteiger partial charge in [0.05, 0.1) is 0 Å². The molecule has 1 unspecified atom stereocenters. The van der Waals surface area contributed by atoms with E-state index < -0.39 is 5.60 Å². The van der Waals surface area contributed by atoms with Crippen LogP contribution >= 0.6 is 0 Å². The Morgan fingerprint density at radius 3 is 2.15 bits per heavy atom. The molecule has 0 bridgehead atoms. The first-order valence-electron chi connectivity index (χ1n) is 10.7. The number of carbonyl (C=O) groups is 2. The Morgan fingerprint density at radius 2 is 1.63 bits per heavy atom. The Bertz CT molecular complexity index is 487. The van der Waals surface area contributed by atoms with Crippen molar-refractivity contribution in [2.75, 3.05) is 32.7 Å². The molecule has 0 aromatic rings. The molecule has 1 saturated carbocycles. The highest BCUT2D eigenvalue weighted by atomic mass is 16.6. The van der Waals surface area contributed by atoms with Gasteiger partial charge in [-0.05, 0) is 39.5 Å². The van der Waals surface area contributed by atoms with Crippen molar-refractivity contribution >= 4 is 12.0 Å². The van der Waals surface area contributed by atoms with Gasteiger partial charge in [-0.3, -0.25) is 9.69 Å². The van der Waals surface area contributed by atoms with Gasteiger partial charge in [-0.15, -0.1) is 0 Å². The third-order valence-electron chi connectivity index (χ3n) is 5.55. The van der Waals surface area contributed by atoms with Crippen molar-refractivity contribution in [3.63, 3.8) is 0 Å². The van der Waals surface area contributed by atoms with Crippen LogP contribution in [0.15, 0.2) is 0 Å². The predicted molar refractivity (Wildman–Crippen MR) is 108 cm³/mol. The molecule has 6 nitrogen and oxygen atoms in total. The van der Waals surface area contributed by atoms with E-state index in [2.05, 4.69) is 10.2 Å². The van der Waals surface area contributed by atoms with Crippen LogP contribution in [0.25, 0.3) is 0 Å². The quantitative estimate of drug-likeness (QED) is 0.794. The summed E-state index contributed by atoms with van der Waals surface area (Å²) in [6.45, 7) is 13.5. The standard InChI is InChI=1S/C21H39N3O3/c1-16(2)19(25)22-18(17-9-7-6-8-10-17)15-23-11-13-24(14-12-23)20(26)27-21(3,4)5/h16-18H,6-15H2,1-5H3,(H,22,25). The van der Waals surface area contributed by atoms with Gasteiger partial charge in [-0.1, -0.05) is 33.1 Å². The molecule has 1 N–H and O–H groups in total. The number of rotatable bonds is 5. The van der Waals surface area contributed by atoms with Crippen molar-refractivity contribution in [3.05, 3.63) is 0 Å². The summed E-state index contributed by atoms with van der Waals surface area (Å²) in [7, 11) is 0. The van der Waals surface area contributed by atoms with Crippen LogP contribution in [0, 0.1) is 11.8 Å². The first-order chi connectivity index (χ1) is 12.7. The molecule has 0 spiro atoms. The van der Waals surface area contributed by atoms with Gasteiger partial charge in [0, 0.05) is 44.7 Å². The smallest absolute Gasteiger partial charge is 0.410 e. The Balaban J connectivity index is 1.88. The molecule has 1 saturated heterocycles. The average molecular weight is 382 g/mol. The fraction of sp³-hybridized carbons (Fsp3) is 0.905. The van der Waals surface area contributed by atoms with E-state index in [9.17, 15) is 9.59 Å². The minimum Gasteiger partial charge on any atom is -0.444 e. The number of nitrogens with zero attached hydrogens (tertiary/aromatic N) is 2.